The summed E-state index contributed by atoms with van der Waals surface area (Å²) in [5, 5.41) is -0.322. The van der Waals surface area contributed by atoms with Gasteiger partial charge >= 0.3 is 5.97 Å². The minimum absolute atomic E-state index is 0.0340. The third-order valence-electron chi connectivity index (χ3n) is 6.22. The fourth-order valence-corrected chi connectivity index (χ4v) is 9.24. The number of amides is 1. The molecule has 0 saturated carbocycles. The molecule has 3 rings (SSSR count). The zero-order valence-corrected chi connectivity index (χ0v) is 28.8. The number of hydrogen-bond donors (Lipinski definition) is 0. The van der Waals surface area contributed by atoms with E-state index in [9.17, 15) is 9.59 Å². The van der Waals surface area contributed by atoms with E-state index < -0.39 is 25.4 Å². The van der Waals surface area contributed by atoms with Gasteiger partial charge in [0.25, 0.3) is 0 Å². The number of ether oxygens (including phenoxy) is 1. The molecular weight excluding hydrogens is 635 g/mol. The smallest absolute Gasteiger partial charge is 0.355 e. The first-order chi connectivity index (χ1) is 18.1. The molecule has 1 aromatic heterocycles. The molecule has 0 N–H and O–H groups in total. The molecule has 1 saturated heterocycles. The van der Waals surface area contributed by atoms with Crippen LogP contribution < -0.4 is 0 Å². The van der Waals surface area contributed by atoms with E-state index in [2.05, 4.69) is 33.9 Å². The van der Waals surface area contributed by atoms with Gasteiger partial charge in [-0.1, -0.05) is 78.5 Å². The first kappa shape index (κ1) is 33.0. The van der Waals surface area contributed by atoms with E-state index in [0.717, 1.165) is 21.0 Å². The highest BCUT2D eigenvalue weighted by Gasteiger charge is 2.56. The highest BCUT2D eigenvalue weighted by Crippen LogP contribution is 2.53. The summed E-state index contributed by atoms with van der Waals surface area (Å²) in [5.74, 6) is -1.09. The van der Waals surface area contributed by atoms with Crippen molar-refractivity contribution in [3.63, 3.8) is 0 Å². The Labute approximate surface area is 259 Å². The molecule has 1 radical (unpaired) electrons. The molecule has 39 heavy (non-hydrogen) atoms. The molecule has 1 aromatic carbocycles. The van der Waals surface area contributed by atoms with Gasteiger partial charge in [-0.3, -0.25) is 9.69 Å². The van der Waals surface area contributed by atoms with Crippen LogP contribution in [0.15, 0.2) is 39.9 Å². The zero-order valence-electron chi connectivity index (χ0n) is 23.0. The summed E-state index contributed by atoms with van der Waals surface area (Å²) >= 11 is 19.1. The Bertz CT molecular complexity index is 1180. The van der Waals surface area contributed by atoms with Crippen LogP contribution in [0.4, 0.5) is 0 Å². The van der Waals surface area contributed by atoms with Crippen molar-refractivity contribution in [3.05, 3.63) is 35.5 Å². The highest BCUT2D eigenvalue weighted by atomic mass is 35.6. The summed E-state index contributed by atoms with van der Waals surface area (Å²) in [5.41, 5.74) is 1.60. The average molecular weight is 669 g/mol. The number of esters is 1. The molecule has 0 bridgehead atoms. The predicted octanol–water partition coefficient (Wildman–Crippen LogP) is 8.35. The van der Waals surface area contributed by atoms with Crippen LogP contribution in [-0.2, 0) is 18.8 Å². The minimum atomic E-state index is -1.75. The molecule has 1 aliphatic heterocycles. The second kappa shape index (κ2) is 13.7. The SMILES string of the molecule is CC(C)=C(C(=O)OCC(Cl)(Cl)Cl)N1C(=O)[C@@H](C(CCO[Si](C)C)C(C)(C)C)[C@H]1SSc1nc2ccccc2s1. The molecule has 0 aliphatic carbocycles. The number of thiazole rings is 1. The molecule has 215 valence electrons. The molecule has 0 spiro atoms. The number of alkyl halides is 3. The van der Waals surface area contributed by atoms with Gasteiger partial charge in [-0.05, 0) is 73.2 Å². The van der Waals surface area contributed by atoms with Crippen molar-refractivity contribution in [2.24, 2.45) is 17.3 Å². The Kier molecular flexibility index (Phi) is 11.6. The lowest BCUT2D eigenvalue weighted by Gasteiger charge is -2.52. The first-order valence-electron chi connectivity index (χ1n) is 12.5. The van der Waals surface area contributed by atoms with E-state index >= 15 is 0 Å². The number of halogens is 3. The quantitative estimate of drug-likeness (QED) is 0.0595. The van der Waals surface area contributed by atoms with Crippen LogP contribution in [-0.4, -0.2) is 53.2 Å². The summed E-state index contributed by atoms with van der Waals surface area (Å²) in [4.78, 5) is 33.4. The maximum absolute atomic E-state index is 13.9. The largest absolute Gasteiger partial charge is 0.456 e. The second-order valence-corrected chi connectivity index (χ2v) is 19.0. The number of para-hydroxylation sites is 1. The van der Waals surface area contributed by atoms with E-state index in [1.165, 1.54) is 21.6 Å². The number of nitrogens with zero attached hydrogens (tertiary/aromatic N) is 2. The van der Waals surface area contributed by atoms with Gasteiger partial charge in [0.15, 0.2) is 4.34 Å². The van der Waals surface area contributed by atoms with Gasteiger partial charge in [-0.15, -0.1) is 11.3 Å². The first-order valence-corrected chi connectivity index (χ1v) is 19.0. The van der Waals surface area contributed by atoms with Gasteiger partial charge in [0, 0.05) is 6.61 Å². The Morgan fingerprint density at radius 3 is 2.44 bits per heavy atom. The molecule has 1 unspecified atom stereocenters. The van der Waals surface area contributed by atoms with Gasteiger partial charge in [0.05, 0.1) is 16.1 Å². The summed E-state index contributed by atoms with van der Waals surface area (Å²) in [7, 11) is 2.21. The Morgan fingerprint density at radius 1 is 1.21 bits per heavy atom. The van der Waals surface area contributed by atoms with Crippen LogP contribution in [0.5, 0.6) is 0 Å². The Morgan fingerprint density at radius 2 is 1.87 bits per heavy atom. The Hall–Kier alpha value is -0.463. The monoisotopic (exact) mass is 667 g/mol. The molecule has 2 heterocycles. The summed E-state index contributed by atoms with van der Waals surface area (Å²) in [6, 6.07) is 7.98. The number of carbonyl (C=O) groups excluding carboxylic acids is 2. The van der Waals surface area contributed by atoms with Crippen molar-refractivity contribution in [3.8, 4) is 0 Å². The number of benzene rings is 1. The van der Waals surface area contributed by atoms with Gasteiger partial charge in [-0.25, -0.2) is 9.78 Å². The van der Waals surface area contributed by atoms with Crippen molar-refractivity contribution in [2.45, 2.75) is 67.6 Å². The maximum atomic E-state index is 13.9. The van der Waals surface area contributed by atoms with Crippen LogP contribution in [0.2, 0.25) is 13.1 Å². The molecule has 6 nitrogen and oxygen atoms in total. The van der Waals surface area contributed by atoms with Crippen molar-refractivity contribution in [1.82, 2.24) is 9.88 Å². The fourth-order valence-electron chi connectivity index (χ4n) is 4.48. The lowest BCUT2D eigenvalue weighted by molar-refractivity contribution is -0.159. The number of allylic oxidation sites excluding steroid dienone is 1. The van der Waals surface area contributed by atoms with Crippen LogP contribution in [0.1, 0.15) is 41.0 Å². The maximum Gasteiger partial charge on any atom is 0.355 e. The lowest BCUT2D eigenvalue weighted by Crippen LogP contribution is -2.63. The zero-order chi connectivity index (χ0) is 29.1. The van der Waals surface area contributed by atoms with Gasteiger partial charge in [0.2, 0.25) is 18.7 Å². The lowest BCUT2D eigenvalue weighted by atomic mass is 9.68. The van der Waals surface area contributed by atoms with Gasteiger partial charge in [-0.2, -0.15) is 0 Å². The fraction of sp³-hybridized carbons (Fsp3) is 0.577. The standard InChI is InChI=1S/C26H34Cl3N2O4S3Si/c1-15(2)20(23(33)34-14-26(27,28)29)31-21(32)19(16(25(3,4)5)12-13-35-39(6)7)22(31)37-38-24-30-17-10-8-9-11-18(17)36-24/h8-11,16,19,22H,12-14H2,1-7H3/t16?,19-,22-/m1/s1. The molecule has 2 aromatic rings. The number of likely N-dealkylation sites (tertiary alicyclic amines) is 1. The third kappa shape index (κ3) is 8.77. The molecular formula is C26H34Cl3N2O4S3Si. The predicted molar refractivity (Wildman–Crippen MR) is 168 cm³/mol. The molecule has 1 fully saturated rings. The number of fused-ring (bicyclic) bond motifs is 1. The summed E-state index contributed by atoms with van der Waals surface area (Å²) < 4.78 is 11.5. The summed E-state index contributed by atoms with van der Waals surface area (Å²) in [6.07, 6.45) is 0.744. The number of aromatic nitrogens is 1. The van der Waals surface area contributed by atoms with Gasteiger partial charge in [0.1, 0.15) is 17.7 Å². The van der Waals surface area contributed by atoms with Crippen molar-refractivity contribution < 1.29 is 18.8 Å². The van der Waals surface area contributed by atoms with Crippen molar-refractivity contribution in [1.29, 1.82) is 0 Å². The molecule has 13 heteroatoms. The summed E-state index contributed by atoms with van der Waals surface area (Å²) in [6.45, 7) is 14.4. The topological polar surface area (TPSA) is 68.7 Å². The van der Waals surface area contributed by atoms with Crippen LogP contribution >= 0.6 is 67.7 Å². The number of hydrogen-bond acceptors (Lipinski definition) is 8. The van der Waals surface area contributed by atoms with E-state index in [4.69, 9.17) is 48.9 Å². The molecule has 1 amide bonds. The van der Waals surface area contributed by atoms with Crippen LogP contribution in [0.25, 0.3) is 10.2 Å². The minimum Gasteiger partial charge on any atom is -0.456 e. The molecule has 3 atom stereocenters. The molecule has 1 aliphatic rings. The van der Waals surface area contributed by atoms with Crippen molar-refractivity contribution in [2.75, 3.05) is 13.2 Å². The number of carbonyl (C=O) groups is 2. The van der Waals surface area contributed by atoms with E-state index in [1.54, 1.807) is 30.1 Å². The van der Waals surface area contributed by atoms with Crippen LogP contribution in [0.3, 0.4) is 0 Å². The second-order valence-electron chi connectivity index (χ2n) is 10.8. The normalized spacial score (nSPS) is 18.8. The van der Waals surface area contributed by atoms with E-state index in [1.807, 2.05) is 24.3 Å². The highest BCUT2D eigenvalue weighted by molar-refractivity contribution is 8.77. The average Bonchev–Trinajstić information content (AvgIpc) is 3.23. The third-order valence-corrected chi connectivity index (χ3v) is 11.4. The Balaban J connectivity index is 1.92. The van der Waals surface area contributed by atoms with E-state index in [-0.39, 0.29) is 34.2 Å². The number of rotatable bonds is 11. The number of β-lactam (4-membered cyclic amide) rings is 1. The van der Waals surface area contributed by atoms with E-state index in [0.29, 0.717) is 12.2 Å². The van der Waals surface area contributed by atoms with Crippen LogP contribution in [0, 0.1) is 17.3 Å². The van der Waals surface area contributed by atoms with Crippen molar-refractivity contribution >= 4 is 98.9 Å². The van der Waals surface area contributed by atoms with Gasteiger partial charge < -0.3 is 9.16 Å².